The van der Waals surface area contributed by atoms with Gasteiger partial charge in [0.25, 0.3) is 10.2 Å². The minimum Gasteiger partial charge on any atom is -0.379 e. The Hall–Kier alpha value is -0.300. The van der Waals surface area contributed by atoms with E-state index in [0.717, 1.165) is 13.1 Å². The monoisotopic (exact) mass is 428 g/mol. The molecular weight excluding hydrogens is 392 g/mol. The summed E-state index contributed by atoms with van der Waals surface area (Å²) >= 11 is 0. The summed E-state index contributed by atoms with van der Waals surface area (Å²) in [5.41, 5.74) is 0. The first-order valence-corrected chi connectivity index (χ1v) is 12.5. The van der Waals surface area contributed by atoms with Crippen LogP contribution < -0.4 is 4.72 Å². The number of nitrogens with zero attached hydrogens (tertiary/aromatic N) is 3. The number of hydrogen-bond donors (Lipinski definition) is 1. The normalized spacial score (nSPS) is 21.3. The molecule has 0 aromatic carbocycles. The molecule has 1 N–H and O–H groups in total. The van der Waals surface area contributed by atoms with Crippen LogP contribution in [0.15, 0.2) is 0 Å². The molecule has 0 bridgehead atoms. The number of hydrogen-bond acceptors (Lipinski definition) is 6. The summed E-state index contributed by atoms with van der Waals surface area (Å²) in [6.45, 7) is 12.3. The number of piperazine rings is 1. The summed E-state index contributed by atoms with van der Waals surface area (Å²) in [6, 6.07) is -0.0420. The molecule has 2 rings (SSSR count). The lowest BCUT2D eigenvalue weighted by atomic mass is 10.3. The van der Waals surface area contributed by atoms with E-state index in [-0.39, 0.29) is 17.7 Å². The maximum Gasteiger partial charge on any atom is 0.279 e. The van der Waals surface area contributed by atoms with Gasteiger partial charge in [-0.2, -0.15) is 21.8 Å². The van der Waals surface area contributed by atoms with Crippen LogP contribution in [-0.4, -0.2) is 102 Å². The molecule has 11 heteroatoms. The van der Waals surface area contributed by atoms with E-state index in [0.29, 0.717) is 39.4 Å². The van der Waals surface area contributed by atoms with Crippen LogP contribution in [0.2, 0.25) is 0 Å². The van der Waals surface area contributed by atoms with E-state index in [2.05, 4.69) is 9.62 Å². The number of morpholine rings is 1. The summed E-state index contributed by atoms with van der Waals surface area (Å²) < 4.78 is 57.4. The molecule has 2 aliphatic rings. The second-order valence-electron chi connectivity index (χ2n) is 7.66. The third-order valence-electron chi connectivity index (χ3n) is 4.09. The quantitative estimate of drug-likeness (QED) is 0.628. The molecule has 0 atom stereocenters. The molecule has 2 saturated heterocycles. The fourth-order valence-electron chi connectivity index (χ4n) is 2.75. The lowest BCUT2D eigenvalue weighted by Gasteiger charge is -2.31. The third kappa shape index (κ3) is 9.16. The van der Waals surface area contributed by atoms with Crippen LogP contribution in [0.5, 0.6) is 0 Å². The van der Waals surface area contributed by atoms with Crippen molar-refractivity contribution in [3.8, 4) is 0 Å². The number of likely N-dealkylation sites (N-methyl/N-ethyl adjacent to an activating group) is 1. The molecule has 0 amide bonds. The molecule has 2 heterocycles. The van der Waals surface area contributed by atoms with Crippen LogP contribution in [-0.2, 0) is 25.0 Å². The fourth-order valence-corrected chi connectivity index (χ4v) is 5.90. The molecule has 2 fully saturated rings. The molecular formula is C16H36N4O5S2. The van der Waals surface area contributed by atoms with E-state index in [4.69, 9.17) is 4.74 Å². The Labute approximate surface area is 165 Å². The Morgan fingerprint density at radius 2 is 1.37 bits per heavy atom. The van der Waals surface area contributed by atoms with E-state index in [9.17, 15) is 16.8 Å². The van der Waals surface area contributed by atoms with E-state index in [1.807, 2.05) is 34.7 Å². The van der Waals surface area contributed by atoms with Crippen molar-refractivity contribution in [3.05, 3.63) is 0 Å². The smallest absolute Gasteiger partial charge is 0.279 e. The molecule has 9 nitrogen and oxygen atoms in total. The van der Waals surface area contributed by atoms with Gasteiger partial charge in [0.1, 0.15) is 0 Å². The zero-order valence-corrected chi connectivity index (χ0v) is 18.9. The first kappa shape index (κ1) is 24.7. The SMILES string of the molecule is CC(C)CS(=O)(=O)N1CCOCC1.CC(C)NS(=O)(=O)N1CCN(C)CC1. The van der Waals surface area contributed by atoms with Crippen LogP contribution >= 0.6 is 0 Å². The van der Waals surface area contributed by atoms with E-state index >= 15 is 0 Å². The minimum atomic E-state index is -3.25. The number of sulfonamides is 1. The van der Waals surface area contributed by atoms with E-state index in [1.54, 1.807) is 0 Å². The molecule has 0 aliphatic carbocycles. The maximum absolute atomic E-state index is 11.7. The van der Waals surface area contributed by atoms with Crippen molar-refractivity contribution in [1.82, 2.24) is 18.2 Å². The molecule has 0 unspecified atom stereocenters. The predicted octanol–water partition coefficient (Wildman–Crippen LogP) is -0.219. The van der Waals surface area contributed by atoms with Crippen molar-refractivity contribution >= 4 is 20.2 Å². The minimum absolute atomic E-state index is 0.0420. The van der Waals surface area contributed by atoms with Crippen LogP contribution in [0.4, 0.5) is 0 Å². The van der Waals surface area contributed by atoms with Crippen molar-refractivity contribution < 1.29 is 21.6 Å². The number of nitrogens with one attached hydrogen (secondary N) is 1. The molecule has 27 heavy (non-hydrogen) atoms. The van der Waals surface area contributed by atoms with Crippen LogP contribution in [0.1, 0.15) is 27.7 Å². The average molecular weight is 429 g/mol. The fraction of sp³-hybridized carbons (Fsp3) is 1.00. The van der Waals surface area contributed by atoms with Gasteiger partial charge >= 0.3 is 0 Å². The Bertz CT molecular complexity index is 623. The van der Waals surface area contributed by atoms with Crippen molar-refractivity contribution in [2.24, 2.45) is 5.92 Å². The van der Waals surface area contributed by atoms with Gasteiger partial charge in [0.2, 0.25) is 10.0 Å². The summed E-state index contributed by atoms with van der Waals surface area (Å²) in [6.07, 6.45) is 0. The van der Waals surface area contributed by atoms with Gasteiger partial charge in [-0.05, 0) is 26.8 Å². The molecule has 0 aromatic heterocycles. The van der Waals surface area contributed by atoms with Gasteiger partial charge in [0, 0.05) is 45.3 Å². The Morgan fingerprint density at radius 1 is 0.852 bits per heavy atom. The zero-order valence-electron chi connectivity index (χ0n) is 17.2. The van der Waals surface area contributed by atoms with Gasteiger partial charge < -0.3 is 9.64 Å². The predicted molar refractivity (Wildman–Crippen MR) is 107 cm³/mol. The van der Waals surface area contributed by atoms with Gasteiger partial charge in [0.15, 0.2) is 0 Å². The van der Waals surface area contributed by atoms with Crippen molar-refractivity contribution in [3.63, 3.8) is 0 Å². The van der Waals surface area contributed by atoms with Crippen molar-refractivity contribution in [1.29, 1.82) is 0 Å². The highest BCUT2D eigenvalue weighted by atomic mass is 32.2. The highest BCUT2D eigenvalue weighted by Crippen LogP contribution is 2.09. The number of ether oxygens (including phenoxy) is 1. The lowest BCUT2D eigenvalue weighted by molar-refractivity contribution is 0.0729. The van der Waals surface area contributed by atoms with E-state index < -0.39 is 20.2 Å². The summed E-state index contributed by atoms with van der Waals surface area (Å²) in [5.74, 6) is 0.431. The maximum atomic E-state index is 11.7. The van der Waals surface area contributed by atoms with Gasteiger partial charge in [-0.25, -0.2) is 8.42 Å². The highest BCUT2D eigenvalue weighted by Gasteiger charge is 2.26. The summed E-state index contributed by atoms with van der Waals surface area (Å²) in [7, 11) is -4.28. The number of rotatable bonds is 6. The second kappa shape index (κ2) is 11.0. The largest absolute Gasteiger partial charge is 0.379 e. The van der Waals surface area contributed by atoms with Crippen molar-refractivity contribution in [2.45, 2.75) is 33.7 Å². The first-order valence-electron chi connectivity index (χ1n) is 9.45. The highest BCUT2D eigenvalue weighted by molar-refractivity contribution is 7.89. The first-order chi connectivity index (χ1) is 12.4. The van der Waals surface area contributed by atoms with Gasteiger partial charge in [0.05, 0.1) is 19.0 Å². The Morgan fingerprint density at radius 3 is 1.81 bits per heavy atom. The topological polar surface area (TPSA) is 99.3 Å². The standard InChI is InChI=1S/C8H19N3O2S.C8H17NO3S/c1-8(2)9-14(12,13)11-6-4-10(3)5-7-11;1-8(2)7-13(10,11)9-3-5-12-6-4-9/h8-9H,4-7H2,1-3H3;8H,3-7H2,1-2H3. The Balaban J connectivity index is 0.000000271. The summed E-state index contributed by atoms with van der Waals surface area (Å²) in [5, 5.41) is 0. The lowest BCUT2D eigenvalue weighted by Crippen LogP contribution is -2.52. The average Bonchev–Trinajstić information content (AvgIpc) is 2.54. The molecule has 0 spiro atoms. The van der Waals surface area contributed by atoms with Crippen LogP contribution in [0.25, 0.3) is 0 Å². The zero-order chi connectivity index (χ0) is 20.7. The van der Waals surface area contributed by atoms with Crippen LogP contribution in [0.3, 0.4) is 0 Å². The van der Waals surface area contributed by atoms with Gasteiger partial charge in [-0.3, -0.25) is 0 Å². The Kier molecular flexibility index (Phi) is 10.1. The molecule has 162 valence electrons. The molecule has 0 aromatic rings. The molecule has 0 saturated carbocycles. The third-order valence-corrected chi connectivity index (χ3v) is 8.15. The van der Waals surface area contributed by atoms with Crippen LogP contribution in [0, 0.1) is 5.92 Å². The van der Waals surface area contributed by atoms with Crippen molar-refractivity contribution in [2.75, 3.05) is 65.3 Å². The van der Waals surface area contributed by atoms with E-state index in [1.165, 1.54) is 8.61 Å². The second-order valence-corrected chi connectivity index (χ2v) is 11.4. The molecule has 0 radical (unpaired) electrons. The summed E-state index contributed by atoms with van der Waals surface area (Å²) in [4.78, 5) is 2.13. The van der Waals surface area contributed by atoms with Gasteiger partial charge in [-0.15, -0.1) is 0 Å². The molecule has 2 aliphatic heterocycles. The van der Waals surface area contributed by atoms with Gasteiger partial charge in [-0.1, -0.05) is 13.8 Å².